The van der Waals surface area contributed by atoms with Crippen LogP contribution < -0.4 is 10.5 Å². The molecule has 0 aliphatic rings. The Labute approximate surface area is 112 Å². The summed E-state index contributed by atoms with van der Waals surface area (Å²) in [6.07, 6.45) is 0. The summed E-state index contributed by atoms with van der Waals surface area (Å²) in [4.78, 5) is 0. The van der Waals surface area contributed by atoms with Crippen LogP contribution in [0.3, 0.4) is 0 Å². The second-order valence-corrected chi connectivity index (χ2v) is 4.45. The van der Waals surface area contributed by atoms with Crippen molar-refractivity contribution in [1.29, 1.82) is 0 Å². The van der Waals surface area contributed by atoms with Crippen LogP contribution in [-0.4, -0.2) is 0 Å². The van der Waals surface area contributed by atoms with Crippen molar-refractivity contribution >= 4 is 15.9 Å². The van der Waals surface area contributed by atoms with E-state index < -0.39 is 5.82 Å². The highest BCUT2D eigenvalue weighted by molar-refractivity contribution is 9.10. The molecule has 0 heterocycles. The predicted molar refractivity (Wildman–Crippen MR) is 68.5 cm³/mol. The molecule has 0 saturated carbocycles. The Kier molecular flexibility index (Phi) is 3.93. The molecule has 0 unspecified atom stereocenters. The van der Waals surface area contributed by atoms with Gasteiger partial charge in [-0.1, -0.05) is 6.07 Å². The van der Waals surface area contributed by atoms with Crippen LogP contribution in [0, 0.1) is 11.6 Å². The molecule has 94 valence electrons. The summed E-state index contributed by atoms with van der Waals surface area (Å²) in [5.41, 5.74) is 5.76. The van der Waals surface area contributed by atoms with Crippen molar-refractivity contribution in [1.82, 2.24) is 0 Å². The molecular formula is C13H10BrF2NO. The van der Waals surface area contributed by atoms with E-state index in [1.165, 1.54) is 30.3 Å². The van der Waals surface area contributed by atoms with E-state index in [4.69, 9.17) is 10.5 Å². The second-order valence-electron chi connectivity index (χ2n) is 3.60. The second kappa shape index (κ2) is 5.46. The van der Waals surface area contributed by atoms with Crippen LogP contribution in [-0.2, 0) is 6.54 Å². The van der Waals surface area contributed by atoms with Crippen molar-refractivity contribution in [3.05, 3.63) is 58.1 Å². The van der Waals surface area contributed by atoms with Gasteiger partial charge in [-0.25, -0.2) is 8.78 Å². The van der Waals surface area contributed by atoms with Gasteiger partial charge >= 0.3 is 0 Å². The van der Waals surface area contributed by atoms with Crippen molar-refractivity contribution in [2.45, 2.75) is 6.54 Å². The van der Waals surface area contributed by atoms with Crippen LogP contribution in [0.5, 0.6) is 11.5 Å². The Bertz CT molecular complexity index is 575. The first-order valence-electron chi connectivity index (χ1n) is 5.22. The van der Waals surface area contributed by atoms with E-state index in [1.807, 2.05) is 0 Å². The molecule has 2 N–H and O–H groups in total. The molecule has 0 spiro atoms. The summed E-state index contributed by atoms with van der Waals surface area (Å²) < 4.78 is 32.3. The molecule has 18 heavy (non-hydrogen) atoms. The topological polar surface area (TPSA) is 35.2 Å². The zero-order valence-electron chi connectivity index (χ0n) is 9.29. The highest BCUT2D eigenvalue weighted by atomic mass is 79.9. The molecule has 2 rings (SSSR count). The van der Waals surface area contributed by atoms with Crippen LogP contribution in [0.1, 0.15) is 5.56 Å². The normalized spacial score (nSPS) is 10.4. The quantitative estimate of drug-likeness (QED) is 0.930. The molecular weight excluding hydrogens is 304 g/mol. The van der Waals surface area contributed by atoms with Gasteiger partial charge in [0.15, 0.2) is 0 Å². The third-order valence-corrected chi connectivity index (χ3v) is 3.01. The Morgan fingerprint density at radius 1 is 1.11 bits per heavy atom. The van der Waals surface area contributed by atoms with Crippen molar-refractivity contribution in [3.8, 4) is 11.5 Å². The molecule has 0 fully saturated rings. The molecule has 0 aliphatic carbocycles. The molecule has 2 nitrogen and oxygen atoms in total. The summed E-state index contributed by atoms with van der Waals surface area (Å²) in [6.45, 7) is 0.0321. The Morgan fingerprint density at radius 3 is 2.56 bits per heavy atom. The zero-order chi connectivity index (χ0) is 13.1. The largest absolute Gasteiger partial charge is 0.457 e. The minimum atomic E-state index is -0.420. The lowest BCUT2D eigenvalue weighted by Crippen LogP contribution is -2.02. The van der Waals surface area contributed by atoms with Crippen LogP contribution >= 0.6 is 15.9 Å². The maximum Gasteiger partial charge on any atom is 0.137 e. The van der Waals surface area contributed by atoms with E-state index in [0.29, 0.717) is 11.5 Å². The highest BCUT2D eigenvalue weighted by Gasteiger charge is 2.09. The molecule has 0 atom stereocenters. The van der Waals surface area contributed by atoms with Gasteiger partial charge in [-0.3, -0.25) is 0 Å². The number of nitrogens with two attached hydrogens (primary N) is 1. The number of rotatable bonds is 3. The molecule has 0 aromatic heterocycles. The number of benzene rings is 2. The lowest BCUT2D eigenvalue weighted by atomic mass is 10.2. The zero-order valence-corrected chi connectivity index (χ0v) is 10.9. The van der Waals surface area contributed by atoms with Crippen LogP contribution in [0.25, 0.3) is 0 Å². The average molecular weight is 314 g/mol. The first-order valence-corrected chi connectivity index (χ1v) is 6.01. The van der Waals surface area contributed by atoms with E-state index >= 15 is 0 Å². The maximum atomic E-state index is 13.5. The van der Waals surface area contributed by atoms with Gasteiger partial charge < -0.3 is 10.5 Å². The molecule has 0 amide bonds. The Morgan fingerprint density at radius 2 is 1.89 bits per heavy atom. The first-order chi connectivity index (χ1) is 8.61. The van der Waals surface area contributed by atoms with Gasteiger partial charge in [0.1, 0.15) is 23.1 Å². The smallest absolute Gasteiger partial charge is 0.137 e. The minimum Gasteiger partial charge on any atom is -0.457 e. The molecule has 0 bridgehead atoms. The summed E-state index contributed by atoms with van der Waals surface area (Å²) >= 11 is 3.06. The standard InChI is InChI=1S/C13H10BrF2NO/c14-10-6-8(4-5-12(10)16)18-13-3-1-2-11(15)9(13)7-17/h1-6H,7,17H2. The molecule has 0 saturated heterocycles. The predicted octanol–water partition coefficient (Wildman–Crippen LogP) is 3.98. The van der Waals surface area contributed by atoms with Crippen LogP contribution in [0.2, 0.25) is 0 Å². The third kappa shape index (κ3) is 2.68. The monoisotopic (exact) mass is 313 g/mol. The average Bonchev–Trinajstić information content (AvgIpc) is 2.34. The van der Waals surface area contributed by atoms with E-state index in [9.17, 15) is 8.78 Å². The number of halogens is 3. The van der Waals surface area contributed by atoms with Crippen LogP contribution in [0.15, 0.2) is 40.9 Å². The van der Waals surface area contributed by atoms with Gasteiger partial charge in [-0.05, 0) is 46.3 Å². The molecule has 0 radical (unpaired) electrons. The van der Waals surface area contributed by atoms with Gasteiger partial charge in [0, 0.05) is 12.1 Å². The molecule has 2 aromatic carbocycles. The van der Waals surface area contributed by atoms with Crippen molar-refractivity contribution in [3.63, 3.8) is 0 Å². The van der Waals surface area contributed by atoms with Gasteiger partial charge in [0.05, 0.1) is 4.47 Å². The third-order valence-electron chi connectivity index (χ3n) is 2.40. The van der Waals surface area contributed by atoms with Crippen molar-refractivity contribution in [2.75, 3.05) is 0 Å². The van der Waals surface area contributed by atoms with Crippen LogP contribution in [0.4, 0.5) is 8.78 Å². The van der Waals surface area contributed by atoms with Gasteiger partial charge in [0.2, 0.25) is 0 Å². The van der Waals surface area contributed by atoms with Crippen molar-refractivity contribution in [2.24, 2.45) is 5.73 Å². The van der Waals surface area contributed by atoms with E-state index in [2.05, 4.69) is 15.9 Å². The Balaban J connectivity index is 2.34. The maximum absolute atomic E-state index is 13.5. The molecule has 2 aromatic rings. The highest BCUT2D eigenvalue weighted by Crippen LogP contribution is 2.29. The summed E-state index contributed by atoms with van der Waals surface area (Å²) in [5, 5.41) is 0. The van der Waals surface area contributed by atoms with E-state index in [0.717, 1.165) is 0 Å². The van der Waals surface area contributed by atoms with Gasteiger partial charge in [-0.15, -0.1) is 0 Å². The molecule has 5 heteroatoms. The number of hydrogen-bond donors (Lipinski definition) is 1. The summed E-state index contributed by atoms with van der Waals surface area (Å²) in [7, 11) is 0. The van der Waals surface area contributed by atoms with Gasteiger partial charge in [-0.2, -0.15) is 0 Å². The Hall–Kier alpha value is -1.46. The lowest BCUT2D eigenvalue weighted by molar-refractivity contribution is 0.465. The summed E-state index contributed by atoms with van der Waals surface area (Å²) in [6, 6.07) is 8.66. The number of hydrogen-bond acceptors (Lipinski definition) is 2. The SMILES string of the molecule is NCc1c(F)cccc1Oc1ccc(F)c(Br)c1. The number of ether oxygens (including phenoxy) is 1. The van der Waals surface area contributed by atoms with E-state index in [1.54, 1.807) is 6.07 Å². The first kappa shape index (κ1) is 13.0. The van der Waals surface area contributed by atoms with Crippen molar-refractivity contribution < 1.29 is 13.5 Å². The fourth-order valence-corrected chi connectivity index (χ4v) is 1.86. The minimum absolute atomic E-state index is 0.0321. The van der Waals surface area contributed by atoms with E-state index in [-0.39, 0.29) is 22.4 Å². The fourth-order valence-electron chi connectivity index (χ4n) is 1.50. The molecule has 0 aliphatic heterocycles. The fraction of sp³-hybridized carbons (Fsp3) is 0.0769. The van der Waals surface area contributed by atoms with Gasteiger partial charge in [0.25, 0.3) is 0 Å². The lowest BCUT2D eigenvalue weighted by Gasteiger charge is -2.11. The summed E-state index contributed by atoms with van der Waals surface area (Å²) in [5.74, 6) is -0.0728.